The molecular weight excluding hydrogens is 398 g/mol. The van der Waals surface area contributed by atoms with E-state index >= 15 is 0 Å². The zero-order valence-electron chi connectivity index (χ0n) is 16.6. The van der Waals surface area contributed by atoms with Crippen molar-refractivity contribution in [2.75, 3.05) is 10.0 Å². The Bertz CT molecular complexity index is 1210. The lowest BCUT2D eigenvalue weighted by Crippen LogP contribution is -2.15. The molecule has 0 fully saturated rings. The van der Waals surface area contributed by atoms with Gasteiger partial charge >= 0.3 is 0 Å². The first-order valence-corrected chi connectivity index (χ1v) is 10.7. The lowest BCUT2D eigenvalue weighted by molar-refractivity contribution is 0.102. The van der Waals surface area contributed by atoms with Crippen molar-refractivity contribution in [2.45, 2.75) is 25.2 Å². The van der Waals surface area contributed by atoms with E-state index in [1.54, 1.807) is 73.7 Å². The lowest BCUT2D eigenvalue weighted by atomic mass is 10.1. The zero-order valence-corrected chi connectivity index (χ0v) is 17.5. The van der Waals surface area contributed by atoms with Gasteiger partial charge in [-0.05, 0) is 67.4 Å². The molecule has 1 amide bonds. The summed E-state index contributed by atoms with van der Waals surface area (Å²) in [4.78, 5) is 12.7. The largest absolute Gasteiger partial charge is 0.322 e. The molecule has 0 saturated carbocycles. The van der Waals surface area contributed by atoms with Crippen molar-refractivity contribution in [2.24, 2.45) is 0 Å². The minimum Gasteiger partial charge on any atom is -0.322 e. The third-order valence-corrected chi connectivity index (χ3v) is 5.94. The molecule has 0 aliphatic carbocycles. The third kappa shape index (κ3) is 5.04. The summed E-state index contributed by atoms with van der Waals surface area (Å²) < 4.78 is 27.7. The number of aryl methyl sites for hydroxylation is 2. The molecule has 3 rings (SSSR count). The molecule has 0 spiro atoms. The Morgan fingerprint density at radius 2 is 1.63 bits per heavy atom. The summed E-state index contributed by atoms with van der Waals surface area (Å²) in [7, 11) is -3.72. The Hall–Kier alpha value is -3.63. The number of hydrogen-bond donors (Lipinski definition) is 2. The summed E-state index contributed by atoms with van der Waals surface area (Å²) in [5.41, 5.74) is 3.91. The van der Waals surface area contributed by atoms with Crippen LogP contribution in [0.4, 0.5) is 11.4 Å². The van der Waals surface area contributed by atoms with Crippen LogP contribution in [0.3, 0.4) is 0 Å². The number of nitrogens with zero attached hydrogens (tertiary/aromatic N) is 1. The van der Waals surface area contributed by atoms with Crippen LogP contribution < -0.4 is 10.0 Å². The van der Waals surface area contributed by atoms with Crippen molar-refractivity contribution in [3.8, 4) is 6.07 Å². The van der Waals surface area contributed by atoms with Crippen LogP contribution in [0.25, 0.3) is 0 Å². The van der Waals surface area contributed by atoms with Crippen molar-refractivity contribution in [1.82, 2.24) is 0 Å². The van der Waals surface area contributed by atoms with Gasteiger partial charge in [0.2, 0.25) is 0 Å². The molecule has 0 atom stereocenters. The molecule has 0 aromatic heterocycles. The Morgan fingerprint density at radius 3 is 2.23 bits per heavy atom. The summed E-state index contributed by atoms with van der Waals surface area (Å²) in [6.45, 7) is 3.62. The predicted octanol–water partition coefficient (Wildman–Crippen LogP) is 4.42. The van der Waals surface area contributed by atoms with Crippen LogP contribution in [-0.4, -0.2) is 14.3 Å². The highest BCUT2D eigenvalue weighted by Crippen LogP contribution is 2.22. The predicted molar refractivity (Wildman–Crippen MR) is 117 cm³/mol. The van der Waals surface area contributed by atoms with Gasteiger partial charge < -0.3 is 5.32 Å². The van der Waals surface area contributed by atoms with E-state index in [9.17, 15) is 13.2 Å². The van der Waals surface area contributed by atoms with Gasteiger partial charge in [-0.1, -0.05) is 29.8 Å². The minimum absolute atomic E-state index is 0.175. The normalized spacial score (nSPS) is 10.8. The van der Waals surface area contributed by atoms with Gasteiger partial charge in [0.05, 0.1) is 23.1 Å². The number of nitriles is 1. The molecule has 0 radical (unpaired) electrons. The van der Waals surface area contributed by atoms with E-state index in [0.29, 0.717) is 28.9 Å². The smallest absolute Gasteiger partial charge is 0.261 e. The van der Waals surface area contributed by atoms with Gasteiger partial charge in [0.15, 0.2) is 0 Å². The highest BCUT2D eigenvalue weighted by atomic mass is 32.2. The Morgan fingerprint density at radius 1 is 0.967 bits per heavy atom. The van der Waals surface area contributed by atoms with Crippen LogP contribution >= 0.6 is 0 Å². The number of carbonyl (C=O) groups is 1. The summed E-state index contributed by atoms with van der Waals surface area (Å²) in [6, 6.07) is 20.5. The number of anilines is 2. The van der Waals surface area contributed by atoms with Crippen LogP contribution in [0.15, 0.2) is 71.6 Å². The van der Waals surface area contributed by atoms with Crippen LogP contribution in [0.1, 0.15) is 27.0 Å². The maximum absolute atomic E-state index is 12.6. The lowest BCUT2D eigenvalue weighted by Gasteiger charge is -2.12. The van der Waals surface area contributed by atoms with E-state index in [0.717, 1.165) is 11.1 Å². The average Bonchev–Trinajstić information content (AvgIpc) is 2.71. The maximum Gasteiger partial charge on any atom is 0.261 e. The van der Waals surface area contributed by atoms with Gasteiger partial charge in [-0.2, -0.15) is 5.26 Å². The Labute approximate surface area is 176 Å². The topological polar surface area (TPSA) is 99.1 Å². The monoisotopic (exact) mass is 419 g/mol. The van der Waals surface area contributed by atoms with E-state index in [1.807, 2.05) is 6.92 Å². The van der Waals surface area contributed by atoms with Gasteiger partial charge in [-0.25, -0.2) is 8.42 Å². The summed E-state index contributed by atoms with van der Waals surface area (Å²) in [5, 5.41) is 11.5. The molecule has 30 heavy (non-hydrogen) atoms. The molecule has 0 aliphatic heterocycles. The fraction of sp³-hybridized carbons (Fsp3) is 0.130. The number of carbonyl (C=O) groups excluding carboxylic acids is 1. The van der Waals surface area contributed by atoms with Crippen molar-refractivity contribution in [3.63, 3.8) is 0 Å². The molecule has 0 bridgehead atoms. The second-order valence-corrected chi connectivity index (χ2v) is 8.62. The number of nitrogens with one attached hydrogen (secondary N) is 2. The molecule has 2 N–H and O–H groups in total. The van der Waals surface area contributed by atoms with Gasteiger partial charge in [0, 0.05) is 11.3 Å². The van der Waals surface area contributed by atoms with Gasteiger partial charge in [0.25, 0.3) is 15.9 Å². The summed E-state index contributed by atoms with van der Waals surface area (Å²) in [6.07, 6.45) is 0.313. The number of amides is 1. The zero-order chi connectivity index (χ0) is 21.7. The third-order valence-electron chi connectivity index (χ3n) is 4.56. The number of sulfonamides is 1. The number of hydrogen-bond acceptors (Lipinski definition) is 4. The molecule has 3 aromatic rings. The molecule has 0 saturated heterocycles. The second kappa shape index (κ2) is 8.80. The molecule has 7 heteroatoms. The van der Waals surface area contributed by atoms with Crippen molar-refractivity contribution in [1.29, 1.82) is 5.26 Å². The Balaban J connectivity index is 1.73. The minimum atomic E-state index is -3.72. The van der Waals surface area contributed by atoms with Gasteiger partial charge in [0.1, 0.15) is 0 Å². The van der Waals surface area contributed by atoms with E-state index in [2.05, 4.69) is 16.1 Å². The van der Waals surface area contributed by atoms with E-state index < -0.39 is 10.0 Å². The van der Waals surface area contributed by atoms with Crippen molar-refractivity contribution in [3.05, 3.63) is 89.0 Å². The van der Waals surface area contributed by atoms with Crippen LogP contribution in [-0.2, 0) is 16.4 Å². The van der Waals surface area contributed by atoms with E-state index in [1.165, 1.54) is 0 Å². The highest BCUT2D eigenvalue weighted by molar-refractivity contribution is 7.92. The first-order chi connectivity index (χ1) is 14.3. The molecule has 152 valence electrons. The molecule has 3 aromatic carbocycles. The highest BCUT2D eigenvalue weighted by Gasteiger charge is 2.16. The van der Waals surface area contributed by atoms with Crippen LogP contribution in [0, 0.1) is 25.2 Å². The number of benzene rings is 3. The second-order valence-electron chi connectivity index (χ2n) is 6.93. The van der Waals surface area contributed by atoms with Crippen molar-refractivity contribution >= 4 is 27.3 Å². The summed E-state index contributed by atoms with van der Waals surface area (Å²) >= 11 is 0. The standard InChI is InChI=1S/C23H21N3O3S/c1-16-3-10-21(11-4-16)30(28,29)26-22-12-7-19(15-17(22)2)23(27)25-20-8-5-18(6-9-20)13-14-24/h3-12,15,26H,13H2,1-2H3,(H,25,27). The molecule has 0 unspecified atom stereocenters. The maximum atomic E-state index is 12.6. The SMILES string of the molecule is Cc1ccc(S(=O)(=O)Nc2ccc(C(=O)Nc3ccc(CC#N)cc3)cc2C)cc1. The van der Waals surface area contributed by atoms with Crippen LogP contribution in [0.5, 0.6) is 0 Å². The van der Waals surface area contributed by atoms with E-state index in [-0.39, 0.29) is 10.8 Å². The van der Waals surface area contributed by atoms with Crippen LogP contribution in [0.2, 0.25) is 0 Å². The van der Waals surface area contributed by atoms with Gasteiger partial charge in [-0.15, -0.1) is 0 Å². The van der Waals surface area contributed by atoms with Crippen molar-refractivity contribution < 1.29 is 13.2 Å². The van der Waals surface area contributed by atoms with E-state index in [4.69, 9.17) is 5.26 Å². The molecule has 6 nitrogen and oxygen atoms in total. The fourth-order valence-corrected chi connectivity index (χ4v) is 3.97. The Kier molecular flexibility index (Phi) is 6.19. The molecule has 0 heterocycles. The first kappa shape index (κ1) is 21.1. The fourth-order valence-electron chi connectivity index (χ4n) is 2.84. The quantitative estimate of drug-likeness (QED) is 0.618. The van der Waals surface area contributed by atoms with Gasteiger partial charge in [-0.3, -0.25) is 9.52 Å². The number of rotatable bonds is 6. The average molecular weight is 420 g/mol. The molecular formula is C23H21N3O3S. The first-order valence-electron chi connectivity index (χ1n) is 9.26. The summed E-state index contributed by atoms with van der Waals surface area (Å²) in [5.74, 6) is -0.306. The molecule has 0 aliphatic rings.